The van der Waals surface area contributed by atoms with E-state index in [4.69, 9.17) is 0 Å². The van der Waals surface area contributed by atoms with Crippen molar-refractivity contribution in [2.24, 2.45) is 0 Å². The highest BCUT2D eigenvalue weighted by Gasteiger charge is 2.18. The van der Waals surface area contributed by atoms with Crippen LogP contribution in [0, 0.1) is 0 Å². The van der Waals surface area contributed by atoms with Gasteiger partial charge < -0.3 is 10.2 Å². The summed E-state index contributed by atoms with van der Waals surface area (Å²) in [5, 5.41) is 3.53. The van der Waals surface area contributed by atoms with E-state index in [0.717, 1.165) is 13.1 Å². The van der Waals surface area contributed by atoms with Crippen molar-refractivity contribution in [1.29, 1.82) is 0 Å². The highest BCUT2D eigenvalue weighted by atomic mass is 15.2. The van der Waals surface area contributed by atoms with Gasteiger partial charge in [0.1, 0.15) is 0 Å². The van der Waals surface area contributed by atoms with E-state index >= 15 is 0 Å². The van der Waals surface area contributed by atoms with E-state index in [-0.39, 0.29) is 0 Å². The van der Waals surface area contributed by atoms with E-state index in [1.807, 2.05) is 13.8 Å². The maximum Gasteiger partial charge on any atom is 0.0607 e. The Hall–Kier alpha value is -1.18. The van der Waals surface area contributed by atoms with Crippen molar-refractivity contribution in [3.8, 4) is 0 Å². The van der Waals surface area contributed by atoms with Crippen LogP contribution in [-0.2, 0) is 0 Å². The molecular weight excluding hydrogens is 232 g/mol. The molecule has 0 saturated heterocycles. The molecule has 108 valence electrons. The second-order valence-corrected chi connectivity index (χ2v) is 5.50. The predicted octanol–water partition coefficient (Wildman–Crippen LogP) is 4.87. The Morgan fingerprint density at radius 3 is 2.37 bits per heavy atom. The molecule has 0 fully saturated rings. The average Bonchev–Trinajstić information content (AvgIpc) is 2.62. The van der Waals surface area contributed by atoms with Gasteiger partial charge in [-0.25, -0.2) is 0 Å². The minimum absolute atomic E-state index is 0.566. The number of fused-ring (bicyclic) bond motifs is 1. The summed E-state index contributed by atoms with van der Waals surface area (Å²) in [6, 6.07) is 7.42. The highest BCUT2D eigenvalue weighted by Crippen LogP contribution is 2.32. The van der Waals surface area contributed by atoms with E-state index in [1.54, 1.807) is 0 Å². The summed E-state index contributed by atoms with van der Waals surface area (Å²) in [6.07, 6.45) is 1.21. The van der Waals surface area contributed by atoms with Gasteiger partial charge in [-0.15, -0.1) is 0 Å². The van der Waals surface area contributed by atoms with Crippen molar-refractivity contribution in [2.45, 2.75) is 59.9 Å². The van der Waals surface area contributed by atoms with Crippen molar-refractivity contribution in [2.75, 3.05) is 23.3 Å². The monoisotopic (exact) mass is 262 g/mol. The van der Waals surface area contributed by atoms with Crippen molar-refractivity contribution >= 4 is 11.4 Å². The standard InChI is InChI=1S/C15H24N2.C2H6/c1-11(2)13-6-7-14-15(10-13)17(12(3)4)9-5-8-16-14;1-2/h6-7,10-12,16H,5,8-9H2,1-4H3;1-2H3. The highest BCUT2D eigenvalue weighted by molar-refractivity contribution is 5.72. The van der Waals surface area contributed by atoms with Crippen LogP contribution in [0.4, 0.5) is 11.4 Å². The number of hydrogen-bond donors (Lipinski definition) is 1. The Morgan fingerprint density at radius 2 is 1.79 bits per heavy atom. The van der Waals surface area contributed by atoms with Crippen LogP contribution in [0.1, 0.15) is 59.4 Å². The normalized spacial score (nSPS) is 14.4. The van der Waals surface area contributed by atoms with Gasteiger partial charge in [0, 0.05) is 19.1 Å². The third-order valence-corrected chi connectivity index (χ3v) is 3.51. The molecule has 1 heterocycles. The maximum atomic E-state index is 3.53. The van der Waals surface area contributed by atoms with Crippen LogP contribution in [0.3, 0.4) is 0 Å². The Kier molecular flexibility index (Phi) is 6.20. The van der Waals surface area contributed by atoms with Crippen molar-refractivity contribution in [3.05, 3.63) is 23.8 Å². The second kappa shape index (κ2) is 7.42. The third-order valence-electron chi connectivity index (χ3n) is 3.51. The number of nitrogens with one attached hydrogen (secondary N) is 1. The molecule has 0 unspecified atom stereocenters. The zero-order valence-electron chi connectivity index (χ0n) is 13.5. The van der Waals surface area contributed by atoms with Crippen LogP contribution < -0.4 is 10.2 Å². The van der Waals surface area contributed by atoms with E-state index in [9.17, 15) is 0 Å². The quantitative estimate of drug-likeness (QED) is 0.818. The first-order chi connectivity index (χ1) is 9.09. The smallest absolute Gasteiger partial charge is 0.0607 e. The lowest BCUT2D eigenvalue weighted by Crippen LogP contribution is -2.31. The van der Waals surface area contributed by atoms with Gasteiger partial charge in [-0.3, -0.25) is 0 Å². The number of rotatable bonds is 2. The molecule has 0 spiro atoms. The number of anilines is 2. The lowest BCUT2D eigenvalue weighted by Gasteiger charge is -2.29. The maximum absolute atomic E-state index is 3.53. The second-order valence-electron chi connectivity index (χ2n) is 5.50. The van der Waals surface area contributed by atoms with Gasteiger partial charge >= 0.3 is 0 Å². The molecule has 0 bridgehead atoms. The first-order valence-corrected chi connectivity index (χ1v) is 7.74. The Balaban J connectivity index is 0.000000861. The number of hydrogen-bond acceptors (Lipinski definition) is 2. The minimum atomic E-state index is 0.566. The molecule has 1 aromatic carbocycles. The summed E-state index contributed by atoms with van der Waals surface area (Å²) in [4.78, 5) is 2.52. The molecule has 2 heteroatoms. The van der Waals surface area contributed by atoms with E-state index in [0.29, 0.717) is 12.0 Å². The number of benzene rings is 1. The first kappa shape index (κ1) is 15.9. The largest absolute Gasteiger partial charge is 0.383 e. The van der Waals surface area contributed by atoms with Crippen LogP contribution >= 0.6 is 0 Å². The first-order valence-electron chi connectivity index (χ1n) is 7.74. The molecule has 2 nitrogen and oxygen atoms in total. The zero-order valence-corrected chi connectivity index (χ0v) is 13.5. The van der Waals surface area contributed by atoms with Gasteiger partial charge in [-0.05, 0) is 43.9 Å². The molecule has 1 aliphatic heterocycles. The fraction of sp³-hybridized carbons (Fsp3) is 0.647. The van der Waals surface area contributed by atoms with E-state index < -0.39 is 0 Å². The summed E-state index contributed by atoms with van der Waals surface area (Å²) in [6.45, 7) is 15.3. The lowest BCUT2D eigenvalue weighted by atomic mass is 10.0. The summed E-state index contributed by atoms with van der Waals surface area (Å²) in [5.41, 5.74) is 4.10. The Labute approximate surface area is 119 Å². The summed E-state index contributed by atoms with van der Waals surface area (Å²) in [7, 11) is 0. The van der Waals surface area contributed by atoms with Crippen LogP contribution in [0.2, 0.25) is 0 Å². The lowest BCUT2D eigenvalue weighted by molar-refractivity contribution is 0.672. The number of nitrogens with zero attached hydrogens (tertiary/aromatic N) is 1. The van der Waals surface area contributed by atoms with Crippen molar-refractivity contribution in [3.63, 3.8) is 0 Å². The summed E-state index contributed by atoms with van der Waals surface area (Å²) in [5.74, 6) is 0.595. The molecular formula is C17H30N2. The van der Waals surface area contributed by atoms with Gasteiger partial charge in [-0.1, -0.05) is 33.8 Å². The molecule has 0 radical (unpaired) electrons. The van der Waals surface area contributed by atoms with Gasteiger partial charge in [-0.2, -0.15) is 0 Å². The Bertz CT molecular complexity index is 383. The predicted molar refractivity (Wildman–Crippen MR) is 87.5 cm³/mol. The van der Waals surface area contributed by atoms with Gasteiger partial charge in [0.05, 0.1) is 11.4 Å². The summed E-state index contributed by atoms with van der Waals surface area (Å²) < 4.78 is 0. The molecule has 1 aliphatic rings. The van der Waals surface area contributed by atoms with Crippen LogP contribution in [0.15, 0.2) is 18.2 Å². The molecule has 0 saturated carbocycles. The minimum Gasteiger partial charge on any atom is -0.383 e. The van der Waals surface area contributed by atoms with Gasteiger partial charge in [0.25, 0.3) is 0 Å². The molecule has 19 heavy (non-hydrogen) atoms. The fourth-order valence-electron chi connectivity index (χ4n) is 2.42. The van der Waals surface area contributed by atoms with Gasteiger partial charge in [0.2, 0.25) is 0 Å². The van der Waals surface area contributed by atoms with Crippen LogP contribution in [0.25, 0.3) is 0 Å². The molecule has 0 aliphatic carbocycles. The van der Waals surface area contributed by atoms with Crippen LogP contribution in [0.5, 0.6) is 0 Å². The zero-order chi connectivity index (χ0) is 14.4. The molecule has 0 aromatic heterocycles. The molecule has 1 N–H and O–H groups in total. The summed E-state index contributed by atoms with van der Waals surface area (Å²) >= 11 is 0. The van der Waals surface area contributed by atoms with Crippen molar-refractivity contribution in [1.82, 2.24) is 0 Å². The fourth-order valence-corrected chi connectivity index (χ4v) is 2.42. The Morgan fingerprint density at radius 1 is 1.11 bits per heavy atom. The van der Waals surface area contributed by atoms with Gasteiger partial charge in [0.15, 0.2) is 0 Å². The average molecular weight is 262 g/mol. The third kappa shape index (κ3) is 3.89. The van der Waals surface area contributed by atoms with Crippen LogP contribution in [-0.4, -0.2) is 19.1 Å². The van der Waals surface area contributed by atoms with E-state index in [2.05, 4.69) is 56.1 Å². The molecule has 0 atom stereocenters. The van der Waals surface area contributed by atoms with Crippen molar-refractivity contribution < 1.29 is 0 Å². The SMILES string of the molecule is CC.CC(C)c1ccc2c(c1)N(C(C)C)CCCN2. The molecule has 1 aromatic rings. The topological polar surface area (TPSA) is 15.3 Å². The molecule has 2 rings (SSSR count). The molecule has 0 amide bonds. The van der Waals surface area contributed by atoms with E-state index in [1.165, 1.54) is 23.4 Å².